The standard InChI is InChI=1S/C11H15N3O3/c1-6-4-3-5-8(12)9(6)17-7(2)10(15)14-11(13)16/h3-5,7H,12H2,1-2H3,(H3,13,14,15,16). The highest BCUT2D eigenvalue weighted by Crippen LogP contribution is 2.26. The van der Waals surface area contributed by atoms with Crippen LogP contribution in [0, 0.1) is 6.92 Å². The van der Waals surface area contributed by atoms with Crippen LogP contribution in [0.3, 0.4) is 0 Å². The number of ether oxygens (including phenoxy) is 1. The lowest BCUT2D eigenvalue weighted by Crippen LogP contribution is -2.42. The van der Waals surface area contributed by atoms with E-state index in [1.807, 2.05) is 18.3 Å². The number of primary amides is 1. The summed E-state index contributed by atoms with van der Waals surface area (Å²) in [6.07, 6.45) is -0.856. The summed E-state index contributed by atoms with van der Waals surface area (Å²) >= 11 is 0. The first-order valence-corrected chi connectivity index (χ1v) is 5.04. The Kier molecular flexibility index (Phi) is 3.92. The Hall–Kier alpha value is -2.24. The largest absolute Gasteiger partial charge is 0.478 e. The van der Waals surface area contributed by atoms with E-state index in [-0.39, 0.29) is 0 Å². The van der Waals surface area contributed by atoms with Crippen LogP contribution < -0.4 is 21.5 Å². The molecule has 1 atom stereocenters. The molecule has 17 heavy (non-hydrogen) atoms. The summed E-state index contributed by atoms with van der Waals surface area (Å²) in [5, 5.41) is 1.94. The average molecular weight is 237 g/mol. The van der Waals surface area contributed by atoms with Gasteiger partial charge in [0.15, 0.2) is 6.10 Å². The van der Waals surface area contributed by atoms with Gasteiger partial charge in [0.25, 0.3) is 5.91 Å². The molecule has 0 bridgehead atoms. The summed E-state index contributed by atoms with van der Waals surface area (Å²) in [4.78, 5) is 21.9. The molecule has 0 saturated carbocycles. The van der Waals surface area contributed by atoms with Crippen molar-refractivity contribution in [2.45, 2.75) is 20.0 Å². The molecule has 6 nitrogen and oxygen atoms in total. The SMILES string of the molecule is Cc1cccc(N)c1OC(C)C(=O)NC(N)=O. The first-order valence-electron chi connectivity index (χ1n) is 5.04. The van der Waals surface area contributed by atoms with Crippen LogP contribution in [-0.2, 0) is 4.79 Å². The summed E-state index contributed by atoms with van der Waals surface area (Å²) in [5.74, 6) is -0.181. The van der Waals surface area contributed by atoms with Crippen LogP contribution in [0.2, 0.25) is 0 Å². The van der Waals surface area contributed by atoms with Gasteiger partial charge in [-0.05, 0) is 25.5 Å². The van der Waals surface area contributed by atoms with Crippen molar-refractivity contribution in [3.05, 3.63) is 23.8 Å². The zero-order valence-electron chi connectivity index (χ0n) is 9.69. The number of aryl methyl sites for hydroxylation is 1. The van der Waals surface area contributed by atoms with E-state index >= 15 is 0 Å². The van der Waals surface area contributed by atoms with E-state index < -0.39 is 18.0 Å². The predicted octanol–water partition coefficient (Wildman–Crippen LogP) is 0.539. The number of carbonyl (C=O) groups is 2. The number of rotatable bonds is 3. The van der Waals surface area contributed by atoms with Crippen molar-refractivity contribution >= 4 is 17.6 Å². The van der Waals surface area contributed by atoms with Crippen LogP contribution in [0.4, 0.5) is 10.5 Å². The summed E-state index contributed by atoms with van der Waals surface area (Å²) in [6, 6.07) is 4.35. The van der Waals surface area contributed by atoms with Crippen molar-refractivity contribution in [2.24, 2.45) is 5.73 Å². The molecule has 0 aliphatic carbocycles. The fourth-order valence-corrected chi connectivity index (χ4v) is 1.29. The Labute approximate surface area is 98.9 Å². The zero-order valence-corrected chi connectivity index (χ0v) is 9.69. The number of urea groups is 1. The lowest BCUT2D eigenvalue weighted by molar-refractivity contribution is -0.126. The maximum absolute atomic E-state index is 11.4. The molecule has 0 radical (unpaired) electrons. The molecule has 6 heteroatoms. The lowest BCUT2D eigenvalue weighted by atomic mass is 10.2. The van der Waals surface area contributed by atoms with Gasteiger partial charge < -0.3 is 16.2 Å². The number of nitrogen functional groups attached to an aromatic ring is 1. The van der Waals surface area contributed by atoms with Gasteiger partial charge in [0.2, 0.25) is 0 Å². The van der Waals surface area contributed by atoms with Crippen LogP contribution in [0.25, 0.3) is 0 Å². The molecule has 0 fully saturated rings. The molecule has 1 aromatic carbocycles. The van der Waals surface area contributed by atoms with Gasteiger partial charge in [-0.15, -0.1) is 0 Å². The zero-order chi connectivity index (χ0) is 13.0. The monoisotopic (exact) mass is 237 g/mol. The van der Waals surface area contributed by atoms with Crippen molar-refractivity contribution < 1.29 is 14.3 Å². The molecular weight excluding hydrogens is 222 g/mol. The van der Waals surface area contributed by atoms with E-state index in [4.69, 9.17) is 16.2 Å². The maximum Gasteiger partial charge on any atom is 0.318 e. The normalized spacial score (nSPS) is 11.6. The van der Waals surface area contributed by atoms with Gasteiger partial charge >= 0.3 is 6.03 Å². The second-order valence-corrected chi connectivity index (χ2v) is 3.61. The molecule has 1 rings (SSSR count). The number of benzene rings is 1. The summed E-state index contributed by atoms with van der Waals surface area (Å²) < 4.78 is 5.39. The third kappa shape index (κ3) is 3.37. The molecule has 1 aromatic rings. The maximum atomic E-state index is 11.4. The van der Waals surface area contributed by atoms with E-state index in [0.29, 0.717) is 11.4 Å². The summed E-state index contributed by atoms with van der Waals surface area (Å²) in [7, 11) is 0. The van der Waals surface area contributed by atoms with Crippen LogP contribution in [0.1, 0.15) is 12.5 Å². The van der Waals surface area contributed by atoms with Crippen molar-refractivity contribution in [1.82, 2.24) is 5.32 Å². The molecule has 0 heterocycles. The quantitative estimate of drug-likeness (QED) is 0.667. The number of amides is 3. The Morgan fingerprint density at radius 3 is 2.59 bits per heavy atom. The fraction of sp³-hybridized carbons (Fsp3) is 0.273. The Morgan fingerprint density at radius 2 is 2.06 bits per heavy atom. The second-order valence-electron chi connectivity index (χ2n) is 3.61. The minimum absolute atomic E-state index is 0.430. The van der Waals surface area contributed by atoms with E-state index in [2.05, 4.69) is 0 Å². The van der Waals surface area contributed by atoms with Gasteiger partial charge in [0, 0.05) is 0 Å². The number of nitrogens with one attached hydrogen (secondary N) is 1. The summed E-state index contributed by atoms with van der Waals surface area (Å²) in [6.45, 7) is 3.31. The Bertz CT molecular complexity index is 425. The molecule has 1 unspecified atom stereocenters. The van der Waals surface area contributed by atoms with Gasteiger partial charge in [-0.25, -0.2) is 4.79 Å². The highest BCUT2D eigenvalue weighted by molar-refractivity contribution is 5.95. The van der Waals surface area contributed by atoms with Crippen LogP contribution in [-0.4, -0.2) is 18.0 Å². The van der Waals surface area contributed by atoms with Gasteiger partial charge in [-0.3, -0.25) is 10.1 Å². The number of hydrogen-bond donors (Lipinski definition) is 3. The van der Waals surface area contributed by atoms with Crippen LogP contribution >= 0.6 is 0 Å². The number of hydrogen-bond acceptors (Lipinski definition) is 4. The minimum atomic E-state index is -0.914. The number of para-hydroxylation sites is 1. The van der Waals surface area contributed by atoms with Gasteiger partial charge in [-0.2, -0.15) is 0 Å². The lowest BCUT2D eigenvalue weighted by Gasteiger charge is -2.16. The topological polar surface area (TPSA) is 107 Å². The minimum Gasteiger partial charge on any atom is -0.478 e. The molecule has 0 spiro atoms. The molecule has 0 aliphatic heterocycles. The van der Waals surface area contributed by atoms with E-state index in [0.717, 1.165) is 5.56 Å². The molecule has 3 amide bonds. The number of imide groups is 1. The molecule has 0 aliphatic rings. The average Bonchev–Trinajstić information content (AvgIpc) is 2.22. The van der Waals surface area contributed by atoms with Crippen molar-refractivity contribution in [2.75, 3.05) is 5.73 Å². The molecule has 0 aromatic heterocycles. The van der Waals surface area contributed by atoms with Crippen molar-refractivity contribution in [3.63, 3.8) is 0 Å². The molecule has 5 N–H and O–H groups in total. The predicted molar refractivity (Wildman–Crippen MR) is 63.4 cm³/mol. The van der Waals surface area contributed by atoms with Gasteiger partial charge in [-0.1, -0.05) is 12.1 Å². The van der Waals surface area contributed by atoms with Gasteiger partial charge in [0.1, 0.15) is 5.75 Å². The summed E-state index contributed by atoms with van der Waals surface area (Å²) in [5.41, 5.74) is 11.8. The number of carbonyl (C=O) groups excluding carboxylic acids is 2. The van der Waals surface area contributed by atoms with E-state index in [1.165, 1.54) is 6.92 Å². The fourth-order valence-electron chi connectivity index (χ4n) is 1.29. The van der Waals surface area contributed by atoms with Crippen molar-refractivity contribution in [3.8, 4) is 5.75 Å². The number of nitrogens with two attached hydrogens (primary N) is 2. The van der Waals surface area contributed by atoms with Crippen LogP contribution in [0.15, 0.2) is 18.2 Å². The molecule has 0 saturated heterocycles. The Morgan fingerprint density at radius 1 is 1.41 bits per heavy atom. The first kappa shape index (κ1) is 12.8. The molecule has 92 valence electrons. The highest BCUT2D eigenvalue weighted by Gasteiger charge is 2.18. The van der Waals surface area contributed by atoms with Gasteiger partial charge in [0.05, 0.1) is 5.69 Å². The van der Waals surface area contributed by atoms with Crippen LogP contribution in [0.5, 0.6) is 5.75 Å². The highest BCUT2D eigenvalue weighted by atomic mass is 16.5. The second kappa shape index (κ2) is 5.20. The first-order chi connectivity index (χ1) is 7.91. The van der Waals surface area contributed by atoms with E-state index in [1.54, 1.807) is 12.1 Å². The molecular formula is C11H15N3O3. The Balaban J connectivity index is 2.77. The van der Waals surface area contributed by atoms with Crippen molar-refractivity contribution in [1.29, 1.82) is 0 Å². The smallest absolute Gasteiger partial charge is 0.318 e. The van der Waals surface area contributed by atoms with E-state index in [9.17, 15) is 9.59 Å². The number of anilines is 1. The third-order valence-corrected chi connectivity index (χ3v) is 2.15. The third-order valence-electron chi connectivity index (χ3n) is 2.15.